The van der Waals surface area contributed by atoms with Gasteiger partial charge in [-0.15, -0.1) is 0 Å². The molecular weight excluding hydrogens is 268 g/mol. The predicted molar refractivity (Wildman–Crippen MR) is 69.5 cm³/mol. The standard InChI is InChI=1S/C12H17BrN2O/c1-8-4-9(6-10(13)5-8)11(16)15-7-12(2,3)14/h4-6H,7,14H2,1-3H3,(H,15,16). The van der Waals surface area contributed by atoms with Crippen LogP contribution in [0.25, 0.3) is 0 Å². The third kappa shape index (κ3) is 4.33. The molecule has 0 saturated heterocycles. The molecule has 88 valence electrons. The topological polar surface area (TPSA) is 55.1 Å². The first-order valence-electron chi connectivity index (χ1n) is 5.12. The van der Waals surface area contributed by atoms with Crippen LogP contribution in [-0.4, -0.2) is 18.0 Å². The number of carbonyl (C=O) groups excluding carboxylic acids is 1. The lowest BCUT2D eigenvalue weighted by Crippen LogP contribution is -2.45. The fourth-order valence-electron chi connectivity index (χ4n) is 1.28. The lowest BCUT2D eigenvalue weighted by molar-refractivity contribution is 0.0946. The number of aryl methyl sites for hydroxylation is 1. The van der Waals surface area contributed by atoms with Crippen molar-refractivity contribution in [1.29, 1.82) is 0 Å². The molecule has 1 rings (SSSR count). The van der Waals surface area contributed by atoms with Crippen LogP contribution in [-0.2, 0) is 0 Å². The van der Waals surface area contributed by atoms with Crippen molar-refractivity contribution in [3.8, 4) is 0 Å². The third-order valence-corrected chi connectivity index (χ3v) is 2.47. The normalized spacial score (nSPS) is 11.3. The number of benzene rings is 1. The van der Waals surface area contributed by atoms with Crippen molar-refractivity contribution in [3.05, 3.63) is 33.8 Å². The number of nitrogens with one attached hydrogen (secondary N) is 1. The smallest absolute Gasteiger partial charge is 0.251 e. The Hall–Kier alpha value is -0.870. The number of amides is 1. The quantitative estimate of drug-likeness (QED) is 0.894. The summed E-state index contributed by atoms with van der Waals surface area (Å²) >= 11 is 3.37. The molecule has 3 N–H and O–H groups in total. The zero-order valence-electron chi connectivity index (χ0n) is 9.80. The molecule has 0 aliphatic carbocycles. The summed E-state index contributed by atoms with van der Waals surface area (Å²) in [7, 11) is 0. The van der Waals surface area contributed by atoms with Gasteiger partial charge in [-0.05, 0) is 44.5 Å². The van der Waals surface area contributed by atoms with Gasteiger partial charge in [0.1, 0.15) is 0 Å². The van der Waals surface area contributed by atoms with Crippen molar-refractivity contribution in [2.24, 2.45) is 5.73 Å². The fraction of sp³-hybridized carbons (Fsp3) is 0.417. The maximum Gasteiger partial charge on any atom is 0.251 e. The summed E-state index contributed by atoms with van der Waals surface area (Å²) in [4.78, 5) is 11.8. The summed E-state index contributed by atoms with van der Waals surface area (Å²) in [6.45, 7) is 6.16. The summed E-state index contributed by atoms with van der Waals surface area (Å²) in [5.41, 5.74) is 7.10. The molecule has 0 spiro atoms. The van der Waals surface area contributed by atoms with Gasteiger partial charge in [0.05, 0.1) is 0 Å². The van der Waals surface area contributed by atoms with Gasteiger partial charge in [-0.2, -0.15) is 0 Å². The van der Waals surface area contributed by atoms with Gasteiger partial charge >= 0.3 is 0 Å². The highest BCUT2D eigenvalue weighted by molar-refractivity contribution is 9.10. The van der Waals surface area contributed by atoms with E-state index in [0.717, 1.165) is 10.0 Å². The van der Waals surface area contributed by atoms with E-state index in [-0.39, 0.29) is 5.91 Å². The van der Waals surface area contributed by atoms with Gasteiger partial charge in [0, 0.05) is 22.1 Å². The summed E-state index contributed by atoms with van der Waals surface area (Å²) < 4.78 is 0.907. The molecule has 1 aromatic carbocycles. The number of hydrogen-bond acceptors (Lipinski definition) is 2. The van der Waals surface area contributed by atoms with E-state index in [4.69, 9.17) is 5.73 Å². The van der Waals surface area contributed by atoms with E-state index in [1.807, 2.05) is 32.9 Å². The van der Waals surface area contributed by atoms with Crippen LogP contribution in [0, 0.1) is 6.92 Å². The summed E-state index contributed by atoms with van der Waals surface area (Å²) in [6, 6.07) is 5.61. The van der Waals surface area contributed by atoms with Crippen LogP contribution in [0.4, 0.5) is 0 Å². The molecule has 3 nitrogen and oxygen atoms in total. The second kappa shape index (κ2) is 4.97. The number of hydrogen-bond donors (Lipinski definition) is 2. The van der Waals surface area contributed by atoms with Crippen LogP contribution >= 0.6 is 15.9 Å². The zero-order chi connectivity index (χ0) is 12.3. The Morgan fingerprint density at radius 3 is 2.56 bits per heavy atom. The molecule has 16 heavy (non-hydrogen) atoms. The predicted octanol–water partition coefficient (Wildman–Crippen LogP) is 2.22. The Bertz CT molecular complexity index is 376. The van der Waals surface area contributed by atoms with Crippen molar-refractivity contribution in [3.63, 3.8) is 0 Å². The van der Waals surface area contributed by atoms with Gasteiger partial charge in [-0.1, -0.05) is 15.9 Å². The molecule has 0 unspecified atom stereocenters. The van der Waals surface area contributed by atoms with Gasteiger partial charge < -0.3 is 11.1 Å². The van der Waals surface area contributed by atoms with E-state index in [1.54, 1.807) is 6.07 Å². The van der Waals surface area contributed by atoms with Crippen LogP contribution in [0.1, 0.15) is 29.8 Å². The monoisotopic (exact) mass is 284 g/mol. The number of halogens is 1. The minimum atomic E-state index is -0.392. The molecule has 0 atom stereocenters. The first kappa shape index (κ1) is 13.2. The van der Waals surface area contributed by atoms with Gasteiger partial charge in [0.25, 0.3) is 5.91 Å². The van der Waals surface area contributed by atoms with E-state index in [9.17, 15) is 4.79 Å². The molecule has 4 heteroatoms. The maximum absolute atomic E-state index is 11.8. The molecule has 0 aliphatic heterocycles. The van der Waals surface area contributed by atoms with Gasteiger partial charge in [0.15, 0.2) is 0 Å². The van der Waals surface area contributed by atoms with Crippen LogP contribution in [0.5, 0.6) is 0 Å². The van der Waals surface area contributed by atoms with Crippen LogP contribution in [0.2, 0.25) is 0 Å². The largest absolute Gasteiger partial charge is 0.350 e. The highest BCUT2D eigenvalue weighted by Crippen LogP contribution is 2.15. The lowest BCUT2D eigenvalue weighted by Gasteiger charge is -2.19. The van der Waals surface area contributed by atoms with E-state index >= 15 is 0 Å². The first-order chi connectivity index (χ1) is 7.28. The molecule has 1 amide bonds. The highest BCUT2D eigenvalue weighted by atomic mass is 79.9. The Balaban J connectivity index is 2.73. The highest BCUT2D eigenvalue weighted by Gasteiger charge is 2.13. The second-order valence-corrected chi connectivity index (χ2v) is 5.60. The third-order valence-electron chi connectivity index (χ3n) is 2.01. The Labute approximate surface area is 105 Å². The van der Waals surface area contributed by atoms with Crippen LogP contribution < -0.4 is 11.1 Å². The number of nitrogens with two attached hydrogens (primary N) is 1. The summed E-state index contributed by atoms with van der Waals surface area (Å²) in [6.07, 6.45) is 0. The molecule has 0 aliphatic rings. The molecule has 0 heterocycles. The Morgan fingerprint density at radius 1 is 1.44 bits per heavy atom. The second-order valence-electron chi connectivity index (χ2n) is 4.69. The minimum Gasteiger partial charge on any atom is -0.350 e. The van der Waals surface area contributed by atoms with Crippen molar-refractivity contribution in [2.45, 2.75) is 26.3 Å². The van der Waals surface area contributed by atoms with E-state index in [2.05, 4.69) is 21.2 Å². The molecule has 0 radical (unpaired) electrons. The first-order valence-corrected chi connectivity index (χ1v) is 5.91. The zero-order valence-corrected chi connectivity index (χ0v) is 11.4. The lowest BCUT2D eigenvalue weighted by atomic mass is 10.1. The minimum absolute atomic E-state index is 0.0945. The van der Waals surface area contributed by atoms with Crippen molar-refractivity contribution < 1.29 is 4.79 Å². The summed E-state index contributed by atoms with van der Waals surface area (Å²) in [5.74, 6) is -0.0945. The molecule has 1 aromatic rings. The number of rotatable bonds is 3. The van der Waals surface area contributed by atoms with E-state index in [0.29, 0.717) is 12.1 Å². The van der Waals surface area contributed by atoms with Gasteiger partial charge in [-0.25, -0.2) is 0 Å². The maximum atomic E-state index is 11.8. The van der Waals surface area contributed by atoms with Gasteiger partial charge in [-0.3, -0.25) is 4.79 Å². The van der Waals surface area contributed by atoms with Crippen molar-refractivity contribution >= 4 is 21.8 Å². The number of carbonyl (C=O) groups is 1. The SMILES string of the molecule is Cc1cc(Br)cc(C(=O)NCC(C)(C)N)c1. The van der Waals surface area contributed by atoms with Gasteiger partial charge in [0.2, 0.25) is 0 Å². The van der Waals surface area contributed by atoms with E-state index < -0.39 is 5.54 Å². The molecular formula is C12H17BrN2O. The fourth-order valence-corrected chi connectivity index (χ4v) is 1.89. The van der Waals surface area contributed by atoms with Crippen LogP contribution in [0.15, 0.2) is 22.7 Å². The molecule has 0 saturated carbocycles. The van der Waals surface area contributed by atoms with E-state index in [1.165, 1.54) is 0 Å². The average molecular weight is 285 g/mol. The van der Waals surface area contributed by atoms with Crippen LogP contribution in [0.3, 0.4) is 0 Å². The molecule has 0 aromatic heterocycles. The Kier molecular flexibility index (Phi) is 4.10. The Morgan fingerprint density at radius 2 is 2.06 bits per heavy atom. The molecule has 0 fully saturated rings. The summed E-state index contributed by atoms with van der Waals surface area (Å²) in [5, 5.41) is 2.81. The molecule has 0 bridgehead atoms. The van der Waals surface area contributed by atoms with Crippen molar-refractivity contribution in [2.75, 3.05) is 6.54 Å². The average Bonchev–Trinajstić information content (AvgIpc) is 2.11. The van der Waals surface area contributed by atoms with Crippen molar-refractivity contribution in [1.82, 2.24) is 5.32 Å².